The summed E-state index contributed by atoms with van der Waals surface area (Å²) in [6.07, 6.45) is 4.12. The van der Waals surface area contributed by atoms with Crippen molar-refractivity contribution in [3.63, 3.8) is 0 Å². The van der Waals surface area contributed by atoms with Crippen LogP contribution in [-0.2, 0) is 14.3 Å². The highest BCUT2D eigenvalue weighted by molar-refractivity contribution is 5.78. The third kappa shape index (κ3) is 5.16. The van der Waals surface area contributed by atoms with E-state index in [0.29, 0.717) is 6.42 Å². The number of nitrogens with one attached hydrogen (secondary N) is 1. The van der Waals surface area contributed by atoms with Gasteiger partial charge in [-0.05, 0) is 12.8 Å². The van der Waals surface area contributed by atoms with E-state index < -0.39 is 11.9 Å². The van der Waals surface area contributed by atoms with E-state index in [1.54, 1.807) is 0 Å². The van der Waals surface area contributed by atoms with Gasteiger partial charge in [0.1, 0.15) is 0 Å². The van der Waals surface area contributed by atoms with Gasteiger partial charge in [0.05, 0.1) is 18.4 Å². The first-order valence-corrected chi connectivity index (χ1v) is 6.83. The predicted octanol–water partition coefficient (Wildman–Crippen LogP) is 0.500. The maximum atomic E-state index is 11.9. The number of rotatable bonds is 6. The fraction of sp³-hybridized carbons (Fsp3) is 0.846. The minimum absolute atomic E-state index is 0.176. The first-order chi connectivity index (χ1) is 9.08. The van der Waals surface area contributed by atoms with E-state index in [2.05, 4.69) is 5.32 Å². The second kappa shape index (κ2) is 8.12. The molecule has 3 atom stereocenters. The maximum Gasteiger partial charge on any atom is 0.308 e. The van der Waals surface area contributed by atoms with Crippen molar-refractivity contribution < 1.29 is 19.4 Å². The van der Waals surface area contributed by atoms with E-state index in [4.69, 9.17) is 10.5 Å². The van der Waals surface area contributed by atoms with Crippen molar-refractivity contribution in [1.82, 2.24) is 5.32 Å². The third-order valence-corrected chi connectivity index (χ3v) is 3.69. The van der Waals surface area contributed by atoms with E-state index in [9.17, 15) is 14.7 Å². The molecule has 19 heavy (non-hydrogen) atoms. The molecule has 110 valence electrons. The second-order valence-corrected chi connectivity index (χ2v) is 5.05. The topological polar surface area (TPSA) is 102 Å². The molecule has 0 radical (unpaired) electrons. The van der Waals surface area contributed by atoms with Crippen LogP contribution in [0.5, 0.6) is 0 Å². The lowest BCUT2D eigenvalue weighted by atomic mass is 9.94. The molecule has 6 nitrogen and oxygen atoms in total. The lowest BCUT2D eigenvalue weighted by molar-refractivity contribution is -0.143. The van der Waals surface area contributed by atoms with E-state index >= 15 is 0 Å². The van der Waals surface area contributed by atoms with Crippen molar-refractivity contribution in [1.29, 1.82) is 0 Å². The number of hydrogen-bond acceptors (Lipinski definition) is 4. The van der Waals surface area contributed by atoms with Crippen LogP contribution in [0.3, 0.4) is 0 Å². The van der Waals surface area contributed by atoms with Gasteiger partial charge < -0.3 is 20.9 Å². The van der Waals surface area contributed by atoms with Gasteiger partial charge in [-0.3, -0.25) is 9.59 Å². The molecule has 0 aromatic rings. The van der Waals surface area contributed by atoms with E-state index in [1.807, 2.05) is 0 Å². The van der Waals surface area contributed by atoms with Crippen molar-refractivity contribution in [2.75, 3.05) is 13.7 Å². The van der Waals surface area contributed by atoms with Crippen LogP contribution in [-0.4, -0.2) is 42.8 Å². The Morgan fingerprint density at radius 1 is 1.37 bits per heavy atom. The summed E-state index contributed by atoms with van der Waals surface area (Å²) in [7, 11) is 1.51. The van der Waals surface area contributed by atoms with Gasteiger partial charge in [0.2, 0.25) is 5.91 Å². The number of carboxylic acid groups (broad SMARTS) is 1. The monoisotopic (exact) mass is 272 g/mol. The molecule has 0 saturated heterocycles. The standard InChI is InChI=1S/C13H24N2O4/c1-19-9(8-14)7-12(16)15-11-6-4-2-3-5-10(11)13(17)18/h9-11H,2-8,14H2,1H3,(H,15,16)(H,17,18). The highest BCUT2D eigenvalue weighted by Crippen LogP contribution is 2.24. The van der Waals surface area contributed by atoms with Gasteiger partial charge in [-0.25, -0.2) is 0 Å². The van der Waals surface area contributed by atoms with Crippen LogP contribution in [0.4, 0.5) is 0 Å². The summed E-state index contributed by atoms with van der Waals surface area (Å²) in [4.78, 5) is 23.1. The Labute approximate surface area is 113 Å². The van der Waals surface area contributed by atoms with Gasteiger partial charge in [-0.1, -0.05) is 19.3 Å². The lowest BCUT2D eigenvalue weighted by Crippen LogP contribution is -2.44. The Morgan fingerprint density at radius 3 is 2.63 bits per heavy atom. The molecular formula is C13H24N2O4. The first-order valence-electron chi connectivity index (χ1n) is 6.83. The molecule has 0 aromatic carbocycles. The fourth-order valence-corrected chi connectivity index (χ4v) is 2.51. The van der Waals surface area contributed by atoms with Crippen LogP contribution in [0.2, 0.25) is 0 Å². The summed E-state index contributed by atoms with van der Waals surface area (Å²) >= 11 is 0. The first kappa shape index (κ1) is 15.9. The van der Waals surface area contributed by atoms with Crippen molar-refractivity contribution in [3.05, 3.63) is 0 Å². The number of carbonyl (C=O) groups excluding carboxylic acids is 1. The molecular weight excluding hydrogens is 248 g/mol. The van der Waals surface area contributed by atoms with Crippen LogP contribution >= 0.6 is 0 Å². The van der Waals surface area contributed by atoms with Gasteiger partial charge in [0.15, 0.2) is 0 Å². The molecule has 0 heterocycles. The number of aliphatic carboxylic acids is 1. The summed E-state index contributed by atoms with van der Waals surface area (Å²) in [6.45, 7) is 0.275. The summed E-state index contributed by atoms with van der Waals surface area (Å²) in [5, 5.41) is 12.1. The Balaban J connectivity index is 2.55. The van der Waals surface area contributed by atoms with Crippen molar-refractivity contribution >= 4 is 11.9 Å². The Morgan fingerprint density at radius 2 is 2.05 bits per heavy atom. The van der Waals surface area contributed by atoms with Gasteiger partial charge in [0.25, 0.3) is 0 Å². The number of carboxylic acids is 1. The maximum absolute atomic E-state index is 11.9. The van der Waals surface area contributed by atoms with E-state index in [1.165, 1.54) is 7.11 Å². The minimum atomic E-state index is -0.825. The molecule has 1 fully saturated rings. The van der Waals surface area contributed by atoms with Crippen molar-refractivity contribution in [2.24, 2.45) is 11.7 Å². The van der Waals surface area contributed by atoms with E-state index in [0.717, 1.165) is 25.7 Å². The molecule has 1 saturated carbocycles. The summed E-state index contributed by atoms with van der Waals surface area (Å²) in [5.41, 5.74) is 5.47. The number of ether oxygens (including phenoxy) is 1. The molecule has 1 rings (SSSR count). The van der Waals surface area contributed by atoms with Crippen LogP contribution in [0.1, 0.15) is 38.5 Å². The normalized spacial score (nSPS) is 25.4. The van der Waals surface area contributed by atoms with Crippen molar-refractivity contribution in [2.45, 2.75) is 50.7 Å². The molecule has 0 aromatic heterocycles. The number of nitrogens with two attached hydrogens (primary N) is 1. The summed E-state index contributed by atoms with van der Waals surface area (Å²) in [6, 6.07) is -0.275. The molecule has 1 amide bonds. The zero-order chi connectivity index (χ0) is 14.3. The second-order valence-electron chi connectivity index (χ2n) is 5.05. The highest BCUT2D eigenvalue weighted by atomic mass is 16.5. The molecule has 1 aliphatic carbocycles. The minimum Gasteiger partial charge on any atom is -0.481 e. The average Bonchev–Trinajstić information content (AvgIpc) is 2.61. The summed E-state index contributed by atoms with van der Waals surface area (Å²) < 4.78 is 5.06. The van der Waals surface area contributed by atoms with Gasteiger partial charge in [-0.2, -0.15) is 0 Å². The zero-order valence-electron chi connectivity index (χ0n) is 11.4. The third-order valence-electron chi connectivity index (χ3n) is 3.69. The number of amides is 1. The Kier molecular flexibility index (Phi) is 6.80. The summed E-state index contributed by atoms with van der Waals surface area (Å²) in [5.74, 6) is -1.49. The molecule has 0 spiro atoms. The average molecular weight is 272 g/mol. The van der Waals surface area contributed by atoms with Crippen LogP contribution in [0, 0.1) is 5.92 Å². The predicted molar refractivity (Wildman–Crippen MR) is 70.6 cm³/mol. The van der Waals surface area contributed by atoms with Gasteiger partial charge >= 0.3 is 5.97 Å². The van der Waals surface area contributed by atoms with Crippen LogP contribution in [0.25, 0.3) is 0 Å². The van der Waals surface area contributed by atoms with Crippen LogP contribution in [0.15, 0.2) is 0 Å². The zero-order valence-corrected chi connectivity index (χ0v) is 11.4. The van der Waals surface area contributed by atoms with E-state index in [-0.39, 0.29) is 31.0 Å². The molecule has 1 aliphatic rings. The number of methoxy groups -OCH3 is 1. The number of hydrogen-bond donors (Lipinski definition) is 3. The van der Waals surface area contributed by atoms with Crippen LogP contribution < -0.4 is 11.1 Å². The molecule has 6 heteroatoms. The molecule has 4 N–H and O–H groups in total. The molecule has 0 aliphatic heterocycles. The number of carbonyl (C=O) groups is 2. The Hall–Kier alpha value is -1.14. The van der Waals surface area contributed by atoms with Gasteiger partial charge in [-0.15, -0.1) is 0 Å². The highest BCUT2D eigenvalue weighted by Gasteiger charge is 2.30. The largest absolute Gasteiger partial charge is 0.481 e. The quantitative estimate of drug-likeness (QED) is 0.611. The smallest absolute Gasteiger partial charge is 0.308 e. The lowest BCUT2D eigenvalue weighted by Gasteiger charge is -2.23. The fourth-order valence-electron chi connectivity index (χ4n) is 2.51. The van der Waals surface area contributed by atoms with Gasteiger partial charge in [0, 0.05) is 19.7 Å². The molecule has 3 unspecified atom stereocenters. The van der Waals surface area contributed by atoms with Crippen molar-refractivity contribution in [3.8, 4) is 0 Å². The Bertz CT molecular complexity index is 305. The SMILES string of the molecule is COC(CN)CC(=O)NC1CCCCCC1C(=O)O. The molecule has 0 bridgehead atoms.